The molecule has 3 fully saturated rings. The third-order valence-electron chi connectivity index (χ3n) is 5.62. The van der Waals surface area contributed by atoms with Gasteiger partial charge in [-0.15, -0.1) is 0 Å². The summed E-state index contributed by atoms with van der Waals surface area (Å²) in [6.45, 7) is 5.80. The summed E-state index contributed by atoms with van der Waals surface area (Å²) in [7, 11) is 0. The van der Waals surface area contributed by atoms with Crippen molar-refractivity contribution in [2.75, 3.05) is 32.8 Å². The molecule has 23 heavy (non-hydrogen) atoms. The molecule has 1 amide bonds. The highest BCUT2D eigenvalue weighted by atomic mass is 16.5. The standard InChI is InChI=1S/C18H25N3O2/c22-18-2-1-8-21(18)12-17-16-11-20(9-5-15(16)13-23-17)10-14-3-6-19-7-4-14/h3-4,6-7,15-17H,1-2,5,8-13H2/t15-,16-,17+/m0/s1. The molecule has 0 N–H and O–H groups in total. The Hall–Kier alpha value is -1.46. The number of carbonyl (C=O) groups excluding carboxylic acids is 1. The van der Waals surface area contributed by atoms with Crippen LogP contribution in [0.4, 0.5) is 0 Å². The molecule has 0 saturated carbocycles. The zero-order chi connectivity index (χ0) is 15.6. The normalized spacial score (nSPS) is 31.6. The van der Waals surface area contributed by atoms with Crippen molar-refractivity contribution in [1.29, 1.82) is 0 Å². The molecule has 124 valence electrons. The van der Waals surface area contributed by atoms with Gasteiger partial charge < -0.3 is 9.64 Å². The van der Waals surface area contributed by atoms with Crippen LogP contribution in [0.5, 0.6) is 0 Å². The number of amides is 1. The first-order chi connectivity index (χ1) is 11.3. The minimum atomic E-state index is 0.224. The second kappa shape index (κ2) is 6.57. The summed E-state index contributed by atoms with van der Waals surface area (Å²) in [4.78, 5) is 20.5. The maximum Gasteiger partial charge on any atom is 0.222 e. The van der Waals surface area contributed by atoms with Crippen LogP contribution < -0.4 is 0 Å². The molecule has 4 rings (SSSR count). The molecule has 3 saturated heterocycles. The van der Waals surface area contributed by atoms with E-state index >= 15 is 0 Å². The molecule has 5 heteroatoms. The van der Waals surface area contributed by atoms with Crippen LogP contribution in [0.3, 0.4) is 0 Å². The molecule has 3 aliphatic heterocycles. The fourth-order valence-corrected chi connectivity index (χ4v) is 4.29. The monoisotopic (exact) mass is 315 g/mol. The second-order valence-corrected chi connectivity index (χ2v) is 7.12. The summed E-state index contributed by atoms with van der Waals surface area (Å²) in [5, 5.41) is 0. The van der Waals surface area contributed by atoms with Gasteiger partial charge in [0.25, 0.3) is 0 Å². The molecule has 0 radical (unpaired) electrons. The van der Waals surface area contributed by atoms with Crippen LogP contribution in [0, 0.1) is 11.8 Å². The summed E-state index contributed by atoms with van der Waals surface area (Å²) in [6, 6.07) is 4.19. The van der Waals surface area contributed by atoms with Crippen molar-refractivity contribution in [1.82, 2.24) is 14.8 Å². The van der Waals surface area contributed by atoms with Crippen LogP contribution in [0.15, 0.2) is 24.5 Å². The Bertz CT molecular complexity index is 550. The lowest BCUT2D eigenvalue weighted by atomic mass is 9.84. The highest BCUT2D eigenvalue weighted by Crippen LogP contribution is 2.35. The Morgan fingerprint density at radius 3 is 2.91 bits per heavy atom. The Morgan fingerprint density at radius 1 is 1.26 bits per heavy atom. The predicted molar refractivity (Wildman–Crippen MR) is 86.7 cm³/mol. The summed E-state index contributed by atoms with van der Waals surface area (Å²) < 4.78 is 6.08. The molecule has 0 aromatic carbocycles. The molecule has 0 spiro atoms. The van der Waals surface area contributed by atoms with Crippen LogP contribution >= 0.6 is 0 Å². The van der Waals surface area contributed by atoms with Crippen LogP contribution in [-0.2, 0) is 16.1 Å². The summed E-state index contributed by atoms with van der Waals surface area (Å²) in [5.74, 6) is 1.55. The molecule has 0 aliphatic carbocycles. The largest absolute Gasteiger partial charge is 0.376 e. The van der Waals surface area contributed by atoms with Crippen molar-refractivity contribution in [3.63, 3.8) is 0 Å². The highest BCUT2D eigenvalue weighted by molar-refractivity contribution is 5.78. The van der Waals surface area contributed by atoms with Crippen molar-refractivity contribution in [2.45, 2.75) is 31.9 Å². The number of piperidine rings is 1. The number of ether oxygens (including phenoxy) is 1. The maximum atomic E-state index is 11.9. The number of likely N-dealkylation sites (tertiary alicyclic amines) is 2. The van der Waals surface area contributed by atoms with Crippen LogP contribution in [0.2, 0.25) is 0 Å². The lowest BCUT2D eigenvalue weighted by Crippen LogP contribution is -2.45. The minimum absolute atomic E-state index is 0.224. The van der Waals surface area contributed by atoms with Gasteiger partial charge in [0, 0.05) is 50.9 Å². The first-order valence-corrected chi connectivity index (χ1v) is 8.80. The van der Waals surface area contributed by atoms with Crippen molar-refractivity contribution < 1.29 is 9.53 Å². The van der Waals surface area contributed by atoms with Crippen molar-refractivity contribution >= 4 is 5.91 Å². The third-order valence-corrected chi connectivity index (χ3v) is 5.62. The van der Waals surface area contributed by atoms with E-state index in [0.29, 0.717) is 17.7 Å². The molecular formula is C18H25N3O2. The third kappa shape index (κ3) is 3.26. The highest BCUT2D eigenvalue weighted by Gasteiger charge is 2.42. The van der Waals surface area contributed by atoms with E-state index in [0.717, 1.165) is 52.2 Å². The summed E-state index contributed by atoms with van der Waals surface area (Å²) in [6.07, 6.45) is 6.89. The first kappa shape index (κ1) is 15.1. The van der Waals surface area contributed by atoms with Gasteiger partial charge in [-0.05, 0) is 43.0 Å². The van der Waals surface area contributed by atoms with Gasteiger partial charge in [-0.25, -0.2) is 0 Å². The molecule has 0 unspecified atom stereocenters. The van der Waals surface area contributed by atoms with Crippen molar-refractivity contribution in [3.05, 3.63) is 30.1 Å². The Balaban J connectivity index is 1.38. The average molecular weight is 315 g/mol. The average Bonchev–Trinajstić information content (AvgIpc) is 3.16. The van der Waals surface area contributed by atoms with Crippen molar-refractivity contribution in [3.8, 4) is 0 Å². The number of rotatable bonds is 4. The van der Waals surface area contributed by atoms with Crippen LogP contribution in [0.1, 0.15) is 24.8 Å². The van der Waals surface area contributed by atoms with Crippen LogP contribution in [0.25, 0.3) is 0 Å². The number of pyridine rings is 1. The van der Waals surface area contributed by atoms with Gasteiger partial charge in [0.15, 0.2) is 0 Å². The molecule has 5 nitrogen and oxygen atoms in total. The zero-order valence-electron chi connectivity index (χ0n) is 13.6. The molecular weight excluding hydrogens is 290 g/mol. The van der Waals surface area contributed by atoms with Crippen molar-refractivity contribution in [2.24, 2.45) is 11.8 Å². The lowest BCUT2D eigenvalue weighted by Gasteiger charge is -2.36. The SMILES string of the molecule is O=C1CCCN1C[C@H]1OC[C@@H]2CCN(Cc3ccncc3)C[C@@H]21. The zero-order valence-corrected chi connectivity index (χ0v) is 13.6. The fourth-order valence-electron chi connectivity index (χ4n) is 4.29. The number of hydrogen-bond donors (Lipinski definition) is 0. The van der Waals surface area contributed by atoms with Gasteiger partial charge >= 0.3 is 0 Å². The van der Waals surface area contributed by atoms with E-state index < -0.39 is 0 Å². The Morgan fingerprint density at radius 2 is 2.13 bits per heavy atom. The molecule has 4 heterocycles. The quantitative estimate of drug-likeness (QED) is 0.845. The van der Waals surface area contributed by atoms with Gasteiger partial charge in [0.2, 0.25) is 5.91 Å². The van der Waals surface area contributed by atoms with E-state index in [1.165, 1.54) is 12.0 Å². The maximum absolute atomic E-state index is 11.9. The number of fused-ring (bicyclic) bond motifs is 1. The van der Waals surface area contributed by atoms with E-state index in [-0.39, 0.29) is 6.10 Å². The van der Waals surface area contributed by atoms with Gasteiger partial charge in [-0.2, -0.15) is 0 Å². The number of nitrogens with zero attached hydrogens (tertiary/aromatic N) is 3. The predicted octanol–water partition coefficient (Wildman–Crippen LogP) is 1.54. The van der Waals surface area contributed by atoms with E-state index in [1.54, 1.807) is 0 Å². The number of carbonyl (C=O) groups is 1. The van der Waals surface area contributed by atoms with E-state index in [9.17, 15) is 4.79 Å². The van der Waals surface area contributed by atoms with Gasteiger partial charge in [-0.3, -0.25) is 14.7 Å². The van der Waals surface area contributed by atoms with Crippen LogP contribution in [-0.4, -0.2) is 59.6 Å². The van der Waals surface area contributed by atoms with Gasteiger partial charge in [0.1, 0.15) is 0 Å². The van der Waals surface area contributed by atoms with E-state index in [1.807, 2.05) is 17.3 Å². The molecule has 0 bridgehead atoms. The molecule has 1 aromatic rings. The van der Waals surface area contributed by atoms with E-state index in [4.69, 9.17) is 4.74 Å². The van der Waals surface area contributed by atoms with E-state index in [2.05, 4.69) is 22.0 Å². The smallest absolute Gasteiger partial charge is 0.222 e. The number of hydrogen-bond acceptors (Lipinski definition) is 4. The fraction of sp³-hybridized carbons (Fsp3) is 0.667. The Labute approximate surface area is 137 Å². The number of aromatic nitrogens is 1. The minimum Gasteiger partial charge on any atom is -0.376 e. The topological polar surface area (TPSA) is 45.7 Å². The van der Waals surface area contributed by atoms with Gasteiger partial charge in [-0.1, -0.05) is 0 Å². The molecule has 3 aliphatic rings. The molecule has 3 atom stereocenters. The summed E-state index contributed by atoms with van der Waals surface area (Å²) >= 11 is 0. The first-order valence-electron chi connectivity index (χ1n) is 8.80. The lowest BCUT2D eigenvalue weighted by molar-refractivity contribution is -0.129. The van der Waals surface area contributed by atoms with Gasteiger partial charge in [0.05, 0.1) is 12.7 Å². The molecule has 1 aromatic heterocycles. The summed E-state index contributed by atoms with van der Waals surface area (Å²) in [5.41, 5.74) is 1.32. The second-order valence-electron chi connectivity index (χ2n) is 7.12. The Kier molecular flexibility index (Phi) is 4.31.